The lowest BCUT2D eigenvalue weighted by atomic mass is 10.1. The molecule has 1 aromatic heterocycles. The maximum Gasteiger partial charge on any atom is 0.239 e. The molecule has 21 heavy (non-hydrogen) atoms. The van der Waals surface area contributed by atoms with Gasteiger partial charge in [-0.1, -0.05) is 13.3 Å². The van der Waals surface area contributed by atoms with Crippen LogP contribution in [0.5, 0.6) is 0 Å². The minimum Gasteiger partial charge on any atom is -0.350 e. The zero-order chi connectivity index (χ0) is 15.1. The molecule has 114 valence electrons. The lowest BCUT2D eigenvalue weighted by molar-refractivity contribution is -0.139. The zero-order valence-corrected chi connectivity index (χ0v) is 12.3. The summed E-state index contributed by atoms with van der Waals surface area (Å²) in [5.41, 5.74) is 0.990. The molecule has 2 rings (SSSR count). The Kier molecular flexibility index (Phi) is 5.68. The Morgan fingerprint density at radius 3 is 2.90 bits per heavy atom. The van der Waals surface area contributed by atoms with Gasteiger partial charge in [-0.15, -0.1) is 0 Å². The van der Waals surface area contributed by atoms with Crippen LogP contribution in [0.25, 0.3) is 0 Å². The molecule has 0 aromatic carbocycles. The van der Waals surface area contributed by atoms with Gasteiger partial charge in [-0.3, -0.25) is 19.9 Å². The number of hydrogen-bond acceptors (Lipinski definition) is 4. The van der Waals surface area contributed by atoms with Crippen molar-refractivity contribution in [1.82, 2.24) is 20.5 Å². The SMILES string of the molecule is CCCC1CC(=O)N(CC(=O)NCc2ccncc2)CN1. The van der Waals surface area contributed by atoms with E-state index < -0.39 is 0 Å². The van der Waals surface area contributed by atoms with Gasteiger partial charge < -0.3 is 10.2 Å². The summed E-state index contributed by atoms with van der Waals surface area (Å²) in [5, 5.41) is 6.11. The highest BCUT2D eigenvalue weighted by Gasteiger charge is 2.25. The molecule has 1 aliphatic heterocycles. The maximum atomic E-state index is 12.0. The third kappa shape index (κ3) is 4.82. The first-order valence-corrected chi connectivity index (χ1v) is 7.35. The molecule has 2 N–H and O–H groups in total. The van der Waals surface area contributed by atoms with E-state index in [-0.39, 0.29) is 24.4 Å². The fourth-order valence-electron chi connectivity index (χ4n) is 2.37. The third-order valence-corrected chi connectivity index (χ3v) is 3.56. The van der Waals surface area contributed by atoms with Crippen molar-refractivity contribution in [1.29, 1.82) is 0 Å². The van der Waals surface area contributed by atoms with Crippen LogP contribution in [0.2, 0.25) is 0 Å². The third-order valence-electron chi connectivity index (χ3n) is 3.56. The zero-order valence-electron chi connectivity index (χ0n) is 12.3. The van der Waals surface area contributed by atoms with Crippen molar-refractivity contribution < 1.29 is 9.59 Å². The van der Waals surface area contributed by atoms with E-state index in [9.17, 15) is 9.59 Å². The summed E-state index contributed by atoms with van der Waals surface area (Å²) in [5.74, 6) is -0.0952. The van der Waals surface area contributed by atoms with Crippen LogP contribution in [0.4, 0.5) is 0 Å². The van der Waals surface area contributed by atoms with E-state index in [0.717, 1.165) is 18.4 Å². The molecule has 0 spiro atoms. The Bertz CT molecular complexity index is 478. The first kappa shape index (κ1) is 15.4. The van der Waals surface area contributed by atoms with E-state index in [2.05, 4.69) is 22.5 Å². The Balaban J connectivity index is 1.74. The molecule has 1 aliphatic rings. The summed E-state index contributed by atoms with van der Waals surface area (Å²) >= 11 is 0. The molecule has 1 fully saturated rings. The van der Waals surface area contributed by atoms with Gasteiger partial charge in [0.2, 0.25) is 11.8 Å². The van der Waals surface area contributed by atoms with Crippen molar-refractivity contribution in [2.75, 3.05) is 13.2 Å². The van der Waals surface area contributed by atoms with Crippen LogP contribution in [0.1, 0.15) is 31.7 Å². The van der Waals surface area contributed by atoms with E-state index in [4.69, 9.17) is 0 Å². The largest absolute Gasteiger partial charge is 0.350 e. The van der Waals surface area contributed by atoms with Gasteiger partial charge in [0.15, 0.2) is 0 Å². The van der Waals surface area contributed by atoms with Gasteiger partial charge in [0, 0.05) is 31.4 Å². The minimum absolute atomic E-state index is 0.0475. The average Bonchev–Trinajstić information content (AvgIpc) is 2.49. The van der Waals surface area contributed by atoms with Gasteiger partial charge >= 0.3 is 0 Å². The van der Waals surface area contributed by atoms with E-state index in [1.807, 2.05) is 12.1 Å². The van der Waals surface area contributed by atoms with Crippen LogP contribution in [-0.2, 0) is 16.1 Å². The minimum atomic E-state index is -0.143. The molecule has 6 nitrogen and oxygen atoms in total. The van der Waals surface area contributed by atoms with Crippen molar-refractivity contribution in [3.05, 3.63) is 30.1 Å². The highest BCUT2D eigenvalue weighted by atomic mass is 16.2. The number of hydrogen-bond donors (Lipinski definition) is 2. The van der Waals surface area contributed by atoms with Gasteiger partial charge in [-0.2, -0.15) is 0 Å². The van der Waals surface area contributed by atoms with E-state index in [1.54, 1.807) is 17.3 Å². The summed E-state index contributed by atoms with van der Waals surface area (Å²) in [6, 6.07) is 3.95. The van der Waals surface area contributed by atoms with Crippen molar-refractivity contribution in [2.45, 2.75) is 38.8 Å². The fourth-order valence-corrected chi connectivity index (χ4v) is 2.37. The van der Waals surface area contributed by atoms with Crippen LogP contribution < -0.4 is 10.6 Å². The Hall–Kier alpha value is -1.95. The quantitative estimate of drug-likeness (QED) is 0.806. The summed E-state index contributed by atoms with van der Waals surface area (Å²) in [6.45, 7) is 3.11. The van der Waals surface area contributed by atoms with Crippen LogP contribution in [0.3, 0.4) is 0 Å². The summed E-state index contributed by atoms with van der Waals surface area (Å²) < 4.78 is 0. The predicted molar refractivity (Wildman–Crippen MR) is 79.1 cm³/mol. The van der Waals surface area contributed by atoms with Crippen LogP contribution in [-0.4, -0.2) is 41.0 Å². The normalized spacial score (nSPS) is 18.6. The van der Waals surface area contributed by atoms with Crippen LogP contribution in [0, 0.1) is 0 Å². The number of pyridine rings is 1. The number of amides is 2. The lowest BCUT2D eigenvalue weighted by Crippen LogP contribution is -2.53. The Labute approximate surface area is 124 Å². The fraction of sp³-hybridized carbons (Fsp3) is 0.533. The maximum absolute atomic E-state index is 12.0. The number of carbonyl (C=O) groups excluding carboxylic acids is 2. The molecule has 2 amide bonds. The Morgan fingerprint density at radius 2 is 2.24 bits per heavy atom. The van der Waals surface area contributed by atoms with Gasteiger partial charge in [0.25, 0.3) is 0 Å². The molecule has 1 saturated heterocycles. The first-order valence-electron chi connectivity index (χ1n) is 7.35. The van der Waals surface area contributed by atoms with Gasteiger partial charge in [0.05, 0.1) is 6.67 Å². The van der Waals surface area contributed by atoms with E-state index >= 15 is 0 Å². The van der Waals surface area contributed by atoms with Gasteiger partial charge in [-0.05, 0) is 24.1 Å². The molecule has 0 aliphatic carbocycles. The summed E-state index contributed by atoms with van der Waals surface area (Å²) in [6.07, 6.45) is 5.90. The number of nitrogens with one attached hydrogen (secondary N) is 2. The smallest absolute Gasteiger partial charge is 0.239 e. The average molecular weight is 290 g/mol. The number of nitrogens with zero attached hydrogens (tertiary/aromatic N) is 2. The molecule has 1 atom stereocenters. The molecular weight excluding hydrogens is 268 g/mol. The number of aromatic nitrogens is 1. The van der Waals surface area contributed by atoms with Crippen molar-refractivity contribution in [2.24, 2.45) is 0 Å². The summed E-state index contributed by atoms with van der Waals surface area (Å²) in [4.78, 5) is 29.4. The molecule has 1 aromatic rings. The predicted octanol–water partition coefficient (Wildman–Crippen LogP) is 0.646. The molecule has 6 heteroatoms. The monoisotopic (exact) mass is 290 g/mol. The first-order chi connectivity index (χ1) is 10.2. The standard InChI is InChI=1S/C15H22N4O2/c1-2-3-13-8-15(21)19(11-18-13)10-14(20)17-9-12-4-6-16-7-5-12/h4-7,13,18H,2-3,8-11H2,1H3,(H,17,20). The molecule has 2 heterocycles. The number of rotatable bonds is 6. The number of carbonyl (C=O) groups is 2. The van der Waals surface area contributed by atoms with E-state index in [0.29, 0.717) is 19.6 Å². The summed E-state index contributed by atoms with van der Waals surface area (Å²) in [7, 11) is 0. The molecule has 0 saturated carbocycles. The second-order valence-electron chi connectivity index (χ2n) is 5.28. The second kappa shape index (κ2) is 7.73. The second-order valence-corrected chi connectivity index (χ2v) is 5.28. The van der Waals surface area contributed by atoms with Crippen molar-refractivity contribution in [3.8, 4) is 0 Å². The topological polar surface area (TPSA) is 74.3 Å². The molecule has 0 bridgehead atoms. The van der Waals surface area contributed by atoms with Crippen molar-refractivity contribution in [3.63, 3.8) is 0 Å². The van der Waals surface area contributed by atoms with Crippen molar-refractivity contribution >= 4 is 11.8 Å². The molecule has 1 unspecified atom stereocenters. The Morgan fingerprint density at radius 1 is 1.48 bits per heavy atom. The van der Waals surface area contributed by atoms with E-state index in [1.165, 1.54) is 0 Å². The highest BCUT2D eigenvalue weighted by Crippen LogP contribution is 2.09. The van der Waals surface area contributed by atoms with Gasteiger partial charge in [-0.25, -0.2) is 0 Å². The van der Waals surface area contributed by atoms with Gasteiger partial charge in [0.1, 0.15) is 6.54 Å². The van der Waals surface area contributed by atoms with Crippen LogP contribution >= 0.6 is 0 Å². The molecule has 0 radical (unpaired) electrons. The highest BCUT2D eigenvalue weighted by molar-refractivity contribution is 5.85. The van der Waals surface area contributed by atoms with Crippen LogP contribution in [0.15, 0.2) is 24.5 Å². The lowest BCUT2D eigenvalue weighted by Gasteiger charge is -2.32. The molecular formula is C15H22N4O2.